The number of hydrogen-bond donors (Lipinski definition) is 1. The van der Waals surface area contributed by atoms with E-state index in [2.05, 4.69) is 26.1 Å². The van der Waals surface area contributed by atoms with E-state index in [1.54, 1.807) is 0 Å². The summed E-state index contributed by atoms with van der Waals surface area (Å²) in [5.74, 6) is 0.00225. The van der Waals surface area contributed by atoms with E-state index in [1.165, 1.54) is 5.56 Å². The fraction of sp³-hybridized carbons (Fsp3) is 0.611. The average molecular weight is 279 g/mol. The van der Waals surface area contributed by atoms with E-state index in [0.29, 0.717) is 0 Å². The van der Waals surface area contributed by atoms with Gasteiger partial charge >= 0.3 is 0 Å². The van der Waals surface area contributed by atoms with E-state index in [0.717, 1.165) is 5.56 Å². The van der Waals surface area contributed by atoms with Gasteiger partial charge in [-0.1, -0.05) is 66.2 Å². The van der Waals surface area contributed by atoms with Crippen LogP contribution in [0.1, 0.15) is 71.3 Å². The first-order chi connectivity index (χ1) is 9.30. The van der Waals surface area contributed by atoms with Crippen molar-refractivity contribution in [2.24, 2.45) is 5.41 Å². The second-order valence-electron chi connectivity index (χ2n) is 5.43. The van der Waals surface area contributed by atoms with Crippen molar-refractivity contribution in [3.8, 4) is 0 Å². The summed E-state index contributed by atoms with van der Waals surface area (Å²) >= 11 is 0. The Hall–Kier alpha value is -1.31. The number of carbonyl (C=O) groups is 1. The standard InChI is InChI=1S/C14H21NO.2C2H6/c1-10-6-8-12(9-7-10)13(16)15-11(2)14(3,4)5;2*1-2/h6-9,11H,1-5H3,(H,15,16);2*1-2H3. The number of benzene rings is 1. The normalized spacial score (nSPS) is 11.2. The van der Waals surface area contributed by atoms with Crippen molar-refractivity contribution in [3.05, 3.63) is 35.4 Å². The molecule has 0 spiro atoms. The lowest BCUT2D eigenvalue weighted by atomic mass is 9.88. The molecule has 1 N–H and O–H groups in total. The van der Waals surface area contributed by atoms with Gasteiger partial charge in [-0.05, 0) is 31.4 Å². The van der Waals surface area contributed by atoms with E-state index < -0.39 is 0 Å². The molecule has 0 saturated heterocycles. The summed E-state index contributed by atoms with van der Waals surface area (Å²) in [6, 6.07) is 7.79. The lowest BCUT2D eigenvalue weighted by Gasteiger charge is -2.28. The molecule has 0 saturated carbocycles. The van der Waals surface area contributed by atoms with Crippen LogP contribution in [0.25, 0.3) is 0 Å². The fourth-order valence-electron chi connectivity index (χ4n) is 1.20. The van der Waals surface area contributed by atoms with E-state index in [9.17, 15) is 4.79 Å². The van der Waals surface area contributed by atoms with E-state index in [1.807, 2.05) is 65.8 Å². The lowest BCUT2D eigenvalue weighted by molar-refractivity contribution is 0.0910. The second kappa shape index (κ2) is 10.5. The Morgan fingerprint density at radius 1 is 1.00 bits per heavy atom. The Labute approximate surface area is 126 Å². The van der Waals surface area contributed by atoms with E-state index in [4.69, 9.17) is 0 Å². The first kappa shape index (κ1) is 21.0. The minimum absolute atomic E-state index is 0.00225. The van der Waals surface area contributed by atoms with Crippen LogP contribution in [0.2, 0.25) is 0 Å². The van der Waals surface area contributed by atoms with Crippen LogP contribution in [0.3, 0.4) is 0 Å². The predicted molar refractivity (Wildman–Crippen MR) is 90.3 cm³/mol. The van der Waals surface area contributed by atoms with Crippen LogP contribution < -0.4 is 5.32 Å². The molecule has 0 aromatic heterocycles. The molecule has 2 nitrogen and oxygen atoms in total. The summed E-state index contributed by atoms with van der Waals surface area (Å²) in [5.41, 5.74) is 1.97. The average Bonchev–Trinajstić information content (AvgIpc) is 2.43. The van der Waals surface area contributed by atoms with Gasteiger partial charge < -0.3 is 5.32 Å². The molecule has 1 amide bonds. The van der Waals surface area contributed by atoms with Gasteiger partial charge in [-0.15, -0.1) is 0 Å². The Morgan fingerprint density at radius 3 is 1.75 bits per heavy atom. The van der Waals surface area contributed by atoms with Crippen molar-refractivity contribution >= 4 is 5.91 Å². The van der Waals surface area contributed by atoms with Gasteiger partial charge in [0.05, 0.1) is 0 Å². The summed E-state index contributed by atoms with van der Waals surface area (Å²) < 4.78 is 0. The molecule has 0 aliphatic carbocycles. The van der Waals surface area contributed by atoms with Crippen LogP contribution in [-0.4, -0.2) is 11.9 Å². The van der Waals surface area contributed by atoms with Crippen LogP contribution in [-0.2, 0) is 0 Å². The summed E-state index contributed by atoms with van der Waals surface area (Å²) in [5, 5.41) is 3.02. The van der Waals surface area contributed by atoms with Crippen LogP contribution in [0.5, 0.6) is 0 Å². The van der Waals surface area contributed by atoms with Gasteiger partial charge in [0.25, 0.3) is 5.91 Å². The van der Waals surface area contributed by atoms with Gasteiger partial charge in [0.1, 0.15) is 0 Å². The molecule has 1 aromatic carbocycles. The third-order valence-electron chi connectivity index (χ3n) is 2.96. The van der Waals surface area contributed by atoms with Crippen LogP contribution >= 0.6 is 0 Å². The Kier molecular flexibility index (Phi) is 11.0. The third-order valence-corrected chi connectivity index (χ3v) is 2.96. The van der Waals surface area contributed by atoms with Crippen molar-refractivity contribution in [2.75, 3.05) is 0 Å². The Bertz CT molecular complexity index is 360. The lowest BCUT2D eigenvalue weighted by Crippen LogP contribution is -2.41. The highest BCUT2D eigenvalue weighted by molar-refractivity contribution is 5.94. The van der Waals surface area contributed by atoms with Gasteiger partial charge in [0.2, 0.25) is 0 Å². The number of aryl methyl sites for hydroxylation is 1. The first-order valence-electron chi connectivity index (χ1n) is 7.68. The van der Waals surface area contributed by atoms with Gasteiger partial charge in [-0.2, -0.15) is 0 Å². The minimum atomic E-state index is 0.00225. The predicted octanol–water partition coefficient (Wildman–Crippen LogP) is 5.21. The molecule has 2 heteroatoms. The van der Waals surface area contributed by atoms with Crippen LogP contribution in [0.4, 0.5) is 0 Å². The summed E-state index contributed by atoms with van der Waals surface area (Å²) in [7, 11) is 0. The highest BCUT2D eigenvalue weighted by atomic mass is 16.1. The molecule has 0 aliphatic heterocycles. The van der Waals surface area contributed by atoms with Gasteiger partial charge in [0.15, 0.2) is 0 Å². The zero-order chi connectivity index (χ0) is 16.3. The largest absolute Gasteiger partial charge is 0.349 e. The number of rotatable bonds is 2. The molecule has 0 radical (unpaired) electrons. The van der Waals surface area contributed by atoms with Crippen molar-refractivity contribution in [2.45, 2.75) is 68.4 Å². The third kappa shape index (κ3) is 7.98. The highest BCUT2D eigenvalue weighted by Gasteiger charge is 2.21. The SMILES string of the molecule is CC.CC.Cc1ccc(C(=O)NC(C)C(C)(C)C)cc1. The number of carbonyl (C=O) groups excluding carboxylic acids is 1. The molecular formula is C18H33NO. The first-order valence-corrected chi connectivity index (χ1v) is 7.68. The fourth-order valence-corrected chi connectivity index (χ4v) is 1.20. The number of hydrogen-bond acceptors (Lipinski definition) is 1. The summed E-state index contributed by atoms with van der Waals surface area (Å²) in [4.78, 5) is 11.9. The van der Waals surface area contributed by atoms with E-state index in [-0.39, 0.29) is 17.4 Å². The number of nitrogens with one attached hydrogen (secondary N) is 1. The topological polar surface area (TPSA) is 29.1 Å². The molecule has 1 unspecified atom stereocenters. The molecule has 0 aliphatic rings. The van der Waals surface area contributed by atoms with Crippen molar-refractivity contribution in [3.63, 3.8) is 0 Å². The quantitative estimate of drug-likeness (QED) is 0.791. The Balaban J connectivity index is 0. The van der Waals surface area contributed by atoms with Crippen LogP contribution in [0, 0.1) is 12.3 Å². The summed E-state index contributed by atoms with van der Waals surface area (Å²) in [6.07, 6.45) is 0. The molecule has 20 heavy (non-hydrogen) atoms. The highest BCUT2D eigenvalue weighted by Crippen LogP contribution is 2.18. The molecule has 0 fully saturated rings. The molecule has 0 bridgehead atoms. The Morgan fingerprint density at radius 2 is 1.40 bits per heavy atom. The molecule has 1 rings (SSSR count). The molecule has 0 heterocycles. The molecule has 1 atom stereocenters. The summed E-state index contributed by atoms with van der Waals surface area (Å²) in [6.45, 7) is 18.4. The van der Waals surface area contributed by atoms with Gasteiger partial charge in [-0.25, -0.2) is 0 Å². The van der Waals surface area contributed by atoms with Crippen molar-refractivity contribution in [1.82, 2.24) is 5.32 Å². The zero-order valence-electron chi connectivity index (χ0n) is 14.8. The van der Waals surface area contributed by atoms with E-state index >= 15 is 0 Å². The maximum Gasteiger partial charge on any atom is 0.251 e. The molecule has 116 valence electrons. The second-order valence-corrected chi connectivity index (χ2v) is 5.43. The maximum absolute atomic E-state index is 11.9. The number of amides is 1. The minimum Gasteiger partial charge on any atom is -0.349 e. The van der Waals surface area contributed by atoms with Crippen molar-refractivity contribution < 1.29 is 4.79 Å². The molecule has 1 aromatic rings. The zero-order valence-corrected chi connectivity index (χ0v) is 14.8. The van der Waals surface area contributed by atoms with Crippen molar-refractivity contribution in [1.29, 1.82) is 0 Å². The van der Waals surface area contributed by atoms with Gasteiger partial charge in [0, 0.05) is 11.6 Å². The van der Waals surface area contributed by atoms with Gasteiger partial charge in [-0.3, -0.25) is 4.79 Å². The smallest absolute Gasteiger partial charge is 0.251 e. The molecular weight excluding hydrogens is 246 g/mol. The van der Waals surface area contributed by atoms with Crippen LogP contribution in [0.15, 0.2) is 24.3 Å². The monoisotopic (exact) mass is 279 g/mol. The maximum atomic E-state index is 11.9.